The zero-order chi connectivity index (χ0) is 70.0. The molecular formula is C69H118N10O12. The zero-order valence-electron chi connectivity index (χ0n) is 59.9. The van der Waals surface area contributed by atoms with Crippen molar-refractivity contribution in [2.45, 2.75) is 243 Å². The van der Waals surface area contributed by atoms with Crippen LogP contribution >= 0.6 is 0 Å². The number of hydrogen-bond acceptors (Lipinski definition) is 14. The van der Waals surface area contributed by atoms with Crippen LogP contribution in [0.5, 0.6) is 0 Å². The number of Topliss-reactive ketones (excluding diaryl/α,β-unsaturated/α-hetero) is 3. The Morgan fingerprint density at radius 2 is 0.912 bits per heavy atom. The van der Waals surface area contributed by atoms with Crippen molar-refractivity contribution in [2.75, 3.05) is 49.3 Å². The summed E-state index contributed by atoms with van der Waals surface area (Å²) in [5.41, 5.74) is 0. The van der Waals surface area contributed by atoms with E-state index in [9.17, 15) is 38.7 Å². The Balaban J connectivity index is 3.00. The SMILES string of the molecule is CC[C@H]1CC(=O)[C@@H]([C@H](O)[C@H](C)CCCc2ncccn2)N(C)C(=O)[C@@H](C(C)C)N(C)C(=O)[C@@H](CC(C)C)N(C)C(=O)[C@@H](CC(C)C)N(C)C(=O)[C@H](C)NC(=O)[C@@H](C)CC(=O)[C@@H](CC(C)C)N(C)C(=O)[C@@H](C(C)C)CC(=O)[C@H](CC(C)C)N(C)C(=O)[C@@H](C)N(C)C1=O. The molecule has 0 aromatic carbocycles. The number of rotatable bonds is 17. The van der Waals surface area contributed by atoms with Gasteiger partial charge in [-0.15, -0.1) is 0 Å². The average molecular weight is 1280 g/mol. The molecule has 1 aliphatic heterocycles. The van der Waals surface area contributed by atoms with Gasteiger partial charge in [-0.05, 0) is 106 Å². The number of hydrogen-bond donors (Lipinski definition) is 2. The second kappa shape index (κ2) is 36.9. The highest BCUT2D eigenvalue weighted by atomic mass is 16.3. The number of aliphatic hydroxyl groups is 1. The lowest BCUT2D eigenvalue weighted by atomic mass is 9.84. The molecule has 13 atom stereocenters. The van der Waals surface area contributed by atoms with E-state index in [1.807, 2.05) is 69.2 Å². The Bertz CT molecular complexity index is 2610. The van der Waals surface area contributed by atoms with Gasteiger partial charge in [-0.3, -0.25) is 52.7 Å². The maximum absolute atomic E-state index is 15.4. The topological polar surface area (TPSA) is 268 Å². The smallest absolute Gasteiger partial charge is 0.246 e. The van der Waals surface area contributed by atoms with E-state index in [4.69, 9.17) is 0 Å². The van der Waals surface area contributed by atoms with Crippen LogP contribution in [0.1, 0.15) is 188 Å². The van der Waals surface area contributed by atoms with Gasteiger partial charge >= 0.3 is 0 Å². The van der Waals surface area contributed by atoms with Gasteiger partial charge in [0.2, 0.25) is 47.3 Å². The fraction of sp³-hybridized carbons (Fsp3) is 0.783. The lowest BCUT2D eigenvalue weighted by Crippen LogP contribution is -2.61. The highest BCUT2D eigenvalue weighted by molar-refractivity contribution is 6.00. The molecule has 91 heavy (non-hydrogen) atoms. The van der Waals surface area contributed by atoms with E-state index in [1.165, 1.54) is 97.5 Å². The molecule has 8 amide bonds. The number of nitrogens with one attached hydrogen (secondary N) is 1. The van der Waals surface area contributed by atoms with Crippen molar-refractivity contribution in [1.82, 2.24) is 49.6 Å². The summed E-state index contributed by atoms with van der Waals surface area (Å²) in [5.74, 6) is -10.4. The standard InChI is InChI=1S/C69H118N10O12/c1-25-49-37-57(82)60(61(83)45(14)28-26-29-58-70-30-27-31-71-58)79(24)69(91)59(44(12)13)78(23)68(90)54(35-42(8)9)77(22)67(89)53(34-41(6)7)76(21)63(85)47(16)72-62(84)46(15)36-55(80)51(32-39(2)3)75(20)66(88)50(43(10)11)38-56(81)52(33-40(4)5)74(19)64(86)48(17)73(18)65(49)87/h27,30-31,39-54,59-61,83H,25-26,28-29,32-38H2,1-24H3,(H,72,84)/t45-,46+,47+,48-,49+,50-,51-,52+,53-,54-,59-,60+,61-/m1/s1. The number of aliphatic hydroxyl groups excluding tert-OH is 1. The molecule has 1 aliphatic rings. The third-order valence-corrected chi connectivity index (χ3v) is 18.5. The lowest BCUT2D eigenvalue weighted by Gasteiger charge is -2.41. The largest absolute Gasteiger partial charge is 0.390 e. The van der Waals surface area contributed by atoms with Gasteiger partial charge in [-0.2, -0.15) is 0 Å². The van der Waals surface area contributed by atoms with Crippen molar-refractivity contribution in [3.05, 3.63) is 24.3 Å². The molecule has 2 rings (SSSR count). The molecule has 2 N–H and O–H groups in total. The van der Waals surface area contributed by atoms with Gasteiger partial charge in [0.1, 0.15) is 42.1 Å². The quantitative estimate of drug-likeness (QED) is 0.163. The van der Waals surface area contributed by atoms with Gasteiger partial charge in [0, 0.05) is 105 Å². The number of aryl methyl sites for hydroxylation is 1. The molecular weight excluding hydrogens is 1160 g/mol. The first-order valence-electron chi connectivity index (χ1n) is 33.4. The molecule has 516 valence electrons. The summed E-state index contributed by atoms with van der Waals surface area (Å²) >= 11 is 0. The minimum Gasteiger partial charge on any atom is -0.390 e. The van der Waals surface area contributed by atoms with E-state index >= 15 is 19.2 Å². The molecule has 2 heterocycles. The first-order valence-corrected chi connectivity index (χ1v) is 33.4. The van der Waals surface area contributed by atoms with E-state index < -0.39 is 155 Å². The monoisotopic (exact) mass is 1280 g/mol. The number of likely N-dealkylation sites (N-methyl/N-ethyl adjacent to an activating group) is 7. The molecule has 0 spiro atoms. The van der Waals surface area contributed by atoms with Gasteiger partial charge in [0.25, 0.3) is 0 Å². The number of aromatic nitrogens is 2. The van der Waals surface area contributed by atoms with Crippen LogP contribution in [-0.2, 0) is 59.2 Å². The molecule has 1 aromatic heterocycles. The molecule has 0 aliphatic carbocycles. The van der Waals surface area contributed by atoms with Crippen LogP contribution in [-0.4, -0.2) is 218 Å². The molecule has 22 nitrogen and oxygen atoms in total. The summed E-state index contributed by atoms with van der Waals surface area (Å²) in [6, 6.07) is -7.68. The third-order valence-electron chi connectivity index (χ3n) is 18.5. The molecule has 1 fully saturated rings. The first-order chi connectivity index (χ1) is 42.2. The molecule has 0 saturated carbocycles. The highest BCUT2D eigenvalue weighted by Gasteiger charge is 2.46. The van der Waals surface area contributed by atoms with E-state index in [-0.39, 0.29) is 74.4 Å². The van der Waals surface area contributed by atoms with Crippen LogP contribution in [0.4, 0.5) is 0 Å². The fourth-order valence-corrected chi connectivity index (χ4v) is 12.5. The van der Waals surface area contributed by atoms with Crippen LogP contribution in [0.2, 0.25) is 0 Å². The van der Waals surface area contributed by atoms with Gasteiger partial charge in [0.05, 0.1) is 18.2 Å². The zero-order valence-corrected chi connectivity index (χ0v) is 59.9. The molecule has 22 heteroatoms. The van der Waals surface area contributed by atoms with Crippen molar-refractivity contribution < 1.29 is 57.8 Å². The van der Waals surface area contributed by atoms with Crippen molar-refractivity contribution in [3.63, 3.8) is 0 Å². The molecule has 1 aromatic rings. The summed E-state index contributed by atoms with van der Waals surface area (Å²) in [6.07, 6.45) is 3.09. The second-order valence-corrected chi connectivity index (χ2v) is 28.7. The number of carbonyl (C=O) groups is 11. The predicted molar refractivity (Wildman–Crippen MR) is 352 cm³/mol. The van der Waals surface area contributed by atoms with Crippen molar-refractivity contribution >= 4 is 64.6 Å². The maximum atomic E-state index is 15.4. The minimum atomic E-state index is -1.53. The van der Waals surface area contributed by atoms with Gasteiger partial charge in [-0.1, -0.05) is 104 Å². The Morgan fingerprint density at radius 3 is 1.37 bits per heavy atom. The van der Waals surface area contributed by atoms with Crippen molar-refractivity contribution in [3.8, 4) is 0 Å². The fourth-order valence-electron chi connectivity index (χ4n) is 12.5. The summed E-state index contributed by atoms with van der Waals surface area (Å²) in [5, 5.41) is 15.2. The lowest BCUT2D eigenvalue weighted by molar-refractivity contribution is -0.157. The highest BCUT2D eigenvalue weighted by Crippen LogP contribution is 2.30. The Morgan fingerprint density at radius 1 is 0.484 bits per heavy atom. The number of nitrogens with zero attached hydrogens (tertiary/aromatic N) is 9. The van der Waals surface area contributed by atoms with Crippen LogP contribution in [0, 0.1) is 59.2 Å². The van der Waals surface area contributed by atoms with Crippen LogP contribution in [0.3, 0.4) is 0 Å². The van der Waals surface area contributed by atoms with Gasteiger partial charge in [0.15, 0.2) is 17.3 Å². The predicted octanol–water partition coefficient (Wildman–Crippen LogP) is 6.78. The van der Waals surface area contributed by atoms with E-state index in [1.54, 1.807) is 53.1 Å². The van der Waals surface area contributed by atoms with E-state index in [0.717, 1.165) is 0 Å². The summed E-state index contributed by atoms with van der Waals surface area (Å²) in [6.45, 7) is 30.4. The van der Waals surface area contributed by atoms with Crippen LogP contribution in [0.15, 0.2) is 18.5 Å². The molecule has 0 radical (unpaired) electrons. The summed E-state index contributed by atoms with van der Waals surface area (Å²) < 4.78 is 0. The van der Waals surface area contributed by atoms with Gasteiger partial charge < -0.3 is 44.7 Å². The minimum absolute atomic E-state index is 0.0732. The number of carbonyl (C=O) groups excluding carboxylic acids is 11. The summed E-state index contributed by atoms with van der Waals surface area (Å²) in [4.78, 5) is 181. The average Bonchev–Trinajstić information content (AvgIpc) is 0.883. The number of ketones is 3. The summed E-state index contributed by atoms with van der Waals surface area (Å²) in [7, 11) is 10.3. The molecule has 1 saturated heterocycles. The van der Waals surface area contributed by atoms with Crippen molar-refractivity contribution in [1.29, 1.82) is 0 Å². The van der Waals surface area contributed by atoms with E-state index in [2.05, 4.69) is 15.3 Å². The first kappa shape index (κ1) is 80.9. The third kappa shape index (κ3) is 22.5. The Hall–Kier alpha value is -6.19. The van der Waals surface area contributed by atoms with Crippen LogP contribution < -0.4 is 5.32 Å². The second-order valence-electron chi connectivity index (χ2n) is 28.7. The van der Waals surface area contributed by atoms with Crippen LogP contribution in [0.25, 0.3) is 0 Å². The maximum Gasteiger partial charge on any atom is 0.246 e. The Kier molecular flexibility index (Phi) is 32.8. The molecule has 0 bridgehead atoms. The van der Waals surface area contributed by atoms with Crippen molar-refractivity contribution in [2.24, 2.45) is 59.2 Å². The normalized spacial score (nSPS) is 26.9. The number of amides is 8. The Labute approximate surface area is 545 Å². The molecule has 0 unspecified atom stereocenters. The van der Waals surface area contributed by atoms with E-state index in [0.29, 0.717) is 25.1 Å². The van der Waals surface area contributed by atoms with Gasteiger partial charge in [-0.25, -0.2) is 9.97 Å².